The molecule has 1 aromatic heterocycles. The van der Waals surface area contributed by atoms with Crippen LogP contribution in [-0.4, -0.2) is 87.7 Å². The molecule has 13 heteroatoms. The summed E-state index contributed by atoms with van der Waals surface area (Å²) in [5.74, 6) is -3.58. The Hall–Kier alpha value is -4.42. The van der Waals surface area contributed by atoms with Gasteiger partial charge in [-0.15, -0.1) is 0 Å². The number of nitrogens with zero attached hydrogens (tertiary/aromatic N) is 1. The van der Waals surface area contributed by atoms with Gasteiger partial charge < -0.3 is 35.9 Å². The average molecular weight is 681 g/mol. The number of carbonyl (C=O) groups excluding carboxylic acids is 6. The van der Waals surface area contributed by atoms with Crippen LogP contribution in [0, 0.1) is 5.92 Å². The molecule has 1 aromatic carbocycles. The van der Waals surface area contributed by atoms with Crippen molar-refractivity contribution in [3.05, 3.63) is 36.0 Å². The monoisotopic (exact) mass is 680 g/mol. The number of benzene rings is 1. The van der Waals surface area contributed by atoms with Crippen molar-refractivity contribution in [2.45, 2.75) is 129 Å². The van der Waals surface area contributed by atoms with Crippen LogP contribution in [0.4, 0.5) is 0 Å². The average Bonchev–Trinajstić information content (AvgIpc) is 3.68. The molecule has 0 unspecified atom stereocenters. The van der Waals surface area contributed by atoms with Crippen molar-refractivity contribution in [3.8, 4) is 0 Å². The number of esters is 1. The summed E-state index contributed by atoms with van der Waals surface area (Å²) in [7, 11) is 0. The SMILES string of the molecule is CCCC[C@H]1NC(=O)[C@@H]2CCCN2C(=O)[C@@H](CC(=O)OC(C)(C)C)NC(=O)[C@@H](Cc2c[nH]c3ccccc23)NC(=O)[C@H](CC(C)C)NC1=O. The Morgan fingerprint density at radius 2 is 1.53 bits per heavy atom. The number of hydrogen-bond donors (Lipinski definition) is 5. The highest BCUT2D eigenvalue weighted by atomic mass is 16.6. The van der Waals surface area contributed by atoms with Crippen molar-refractivity contribution in [1.29, 1.82) is 0 Å². The molecule has 4 rings (SSSR count). The van der Waals surface area contributed by atoms with E-state index >= 15 is 0 Å². The van der Waals surface area contributed by atoms with Gasteiger partial charge in [0.2, 0.25) is 29.5 Å². The molecule has 0 aliphatic carbocycles. The molecule has 13 nitrogen and oxygen atoms in total. The Labute approximate surface area is 288 Å². The number of H-pyrrole nitrogens is 1. The van der Waals surface area contributed by atoms with Gasteiger partial charge in [-0.3, -0.25) is 28.8 Å². The molecule has 2 fully saturated rings. The lowest BCUT2D eigenvalue weighted by molar-refractivity contribution is -0.158. The number of aromatic amines is 1. The van der Waals surface area contributed by atoms with Gasteiger partial charge in [0.15, 0.2) is 0 Å². The molecule has 3 heterocycles. The molecule has 0 spiro atoms. The van der Waals surface area contributed by atoms with E-state index in [-0.39, 0.29) is 25.3 Å². The third-order valence-electron chi connectivity index (χ3n) is 8.80. The topological polar surface area (TPSA) is 179 Å². The number of nitrogens with one attached hydrogen (secondary N) is 5. The predicted octanol–water partition coefficient (Wildman–Crippen LogP) is 2.62. The minimum absolute atomic E-state index is 0.00517. The van der Waals surface area contributed by atoms with Crippen molar-refractivity contribution >= 4 is 46.4 Å². The number of ether oxygens (including phenoxy) is 1. The molecular formula is C36H52N6O7. The zero-order valence-electron chi connectivity index (χ0n) is 29.5. The van der Waals surface area contributed by atoms with Crippen LogP contribution in [0.25, 0.3) is 10.9 Å². The Bertz CT molecular complexity index is 1530. The second kappa shape index (κ2) is 16.3. The van der Waals surface area contributed by atoms with Gasteiger partial charge in [-0.05, 0) is 64.0 Å². The van der Waals surface area contributed by atoms with Gasteiger partial charge in [0.05, 0.1) is 6.42 Å². The standard InChI is InChI=1S/C36H52N6O7/c1-7-8-13-25-31(44)39-26(17-21(2)3)32(45)40-27(18-22-20-37-24-14-10-9-12-23(22)24)33(46)41-28(19-30(43)49-36(4,5)6)35(48)42-16-11-15-29(42)34(47)38-25/h9-10,12,14,20-21,25-29,37H,7-8,11,13,15-19H2,1-6H3,(H,38,47)(H,39,44)(H,40,45)(H,41,46)/t25-,26+,27-,28-,29+/m1/s1. The first kappa shape index (κ1) is 37.4. The van der Waals surface area contributed by atoms with Crippen LogP contribution in [0.2, 0.25) is 0 Å². The van der Waals surface area contributed by atoms with Gasteiger partial charge in [0.1, 0.15) is 35.8 Å². The van der Waals surface area contributed by atoms with Crippen LogP contribution in [0.3, 0.4) is 0 Å². The summed E-state index contributed by atoms with van der Waals surface area (Å²) >= 11 is 0. The number of rotatable bonds is 9. The Balaban J connectivity index is 1.77. The van der Waals surface area contributed by atoms with Crippen LogP contribution >= 0.6 is 0 Å². The van der Waals surface area contributed by atoms with Gasteiger partial charge in [-0.25, -0.2) is 0 Å². The quantitative estimate of drug-likeness (QED) is 0.253. The van der Waals surface area contributed by atoms with E-state index < -0.39 is 77.7 Å². The van der Waals surface area contributed by atoms with E-state index in [1.54, 1.807) is 27.0 Å². The molecular weight excluding hydrogens is 628 g/mol. The molecule has 0 radical (unpaired) electrons. The maximum atomic E-state index is 14.2. The van der Waals surface area contributed by atoms with Crippen LogP contribution in [0.1, 0.15) is 92.1 Å². The summed E-state index contributed by atoms with van der Waals surface area (Å²) in [4.78, 5) is 87.3. The number of amides is 5. The zero-order chi connectivity index (χ0) is 35.9. The molecule has 2 saturated heterocycles. The minimum Gasteiger partial charge on any atom is -0.460 e. The fourth-order valence-corrected chi connectivity index (χ4v) is 6.45. The van der Waals surface area contributed by atoms with Crippen LogP contribution in [-0.2, 0) is 39.9 Å². The van der Waals surface area contributed by atoms with E-state index in [1.807, 2.05) is 45.0 Å². The van der Waals surface area contributed by atoms with E-state index in [0.717, 1.165) is 22.9 Å². The van der Waals surface area contributed by atoms with Crippen molar-refractivity contribution in [3.63, 3.8) is 0 Å². The van der Waals surface area contributed by atoms with E-state index in [2.05, 4.69) is 26.3 Å². The zero-order valence-corrected chi connectivity index (χ0v) is 29.5. The maximum Gasteiger partial charge on any atom is 0.308 e. The number of fused-ring (bicyclic) bond motifs is 2. The second-order valence-electron chi connectivity index (χ2n) is 14.6. The molecule has 5 atom stereocenters. The molecule has 2 aliphatic rings. The number of hydrogen-bond acceptors (Lipinski definition) is 7. The minimum atomic E-state index is -1.37. The fourth-order valence-electron chi connectivity index (χ4n) is 6.45. The maximum absolute atomic E-state index is 14.2. The second-order valence-corrected chi connectivity index (χ2v) is 14.6. The summed E-state index contributed by atoms with van der Waals surface area (Å²) < 4.78 is 5.51. The third-order valence-corrected chi connectivity index (χ3v) is 8.80. The molecule has 268 valence electrons. The Morgan fingerprint density at radius 1 is 0.898 bits per heavy atom. The molecule has 49 heavy (non-hydrogen) atoms. The molecule has 0 saturated carbocycles. The highest BCUT2D eigenvalue weighted by Crippen LogP contribution is 2.23. The summed E-state index contributed by atoms with van der Waals surface area (Å²) in [6.45, 7) is 11.1. The molecule has 2 aromatic rings. The summed E-state index contributed by atoms with van der Waals surface area (Å²) in [5, 5.41) is 12.1. The predicted molar refractivity (Wildman–Crippen MR) is 184 cm³/mol. The summed E-state index contributed by atoms with van der Waals surface area (Å²) in [6, 6.07) is 2.16. The molecule has 5 amide bonds. The van der Waals surface area contributed by atoms with Gasteiger partial charge in [0.25, 0.3) is 0 Å². The number of aromatic nitrogens is 1. The van der Waals surface area contributed by atoms with Crippen molar-refractivity contribution in [2.24, 2.45) is 5.92 Å². The highest BCUT2D eigenvalue weighted by molar-refractivity contribution is 5.99. The normalized spacial score (nSPS) is 24.4. The van der Waals surface area contributed by atoms with Gasteiger partial charge in [-0.1, -0.05) is 51.8 Å². The lowest BCUT2D eigenvalue weighted by Crippen LogP contribution is -2.58. The fraction of sp³-hybridized carbons (Fsp3) is 0.611. The van der Waals surface area contributed by atoms with E-state index in [4.69, 9.17) is 4.74 Å². The molecule has 0 bridgehead atoms. The van der Waals surface area contributed by atoms with E-state index in [0.29, 0.717) is 25.7 Å². The van der Waals surface area contributed by atoms with E-state index in [1.165, 1.54) is 4.90 Å². The van der Waals surface area contributed by atoms with E-state index in [9.17, 15) is 28.8 Å². The number of carbonyl (C=O) groups is 6. The van der Waals surface area contributed by atoms with Gasteiger partial charge in [-0.2, -0.15) is 0 Å². The first-order chi connectivity index (χ1) is 23.2. The summed E-state index contributed by atoms with van der Waals surface area (Å²) in [6.07, 6.45) is 4.28. The van der Waals surface area contributed by atoms with Crippen LogP contribution < -0.4 is 21.3 Å². The smallest absolute Gasteiger partial charge is 0.308 e. The lowest BCUT2D eigenvalue weighted by atomic mass is 9.99. The van der Waals surface area contributed by atoms with Gasteiger partial charge >= 0.3 is 5.97 Å². The molecule has 2 aliphatic heterocycles. The van der Waals surface area contributed by atoms with Crippen molar-refractivity contribution in [2.75, 3.05) is 6.54 Å². The number of unbranched alkanes of at least 4 members (excludes halogenated alkanes) is 1. The Kier molecular flexibility index (Phi) is 12.5. The van der Waals surface area contributed by atoms with Crippen molar-refractivity contribution < 1.29 is 33.5 Å². The first-order valence-corrected chi connectivity index (χ1v) is 17.5. The summed E-state index contributed by atoms with van der Waals surface area (Å²) in [5.41, 5.74) is 0.756. The largest absolute Gasteiger partial charge is 0.460 e. The Morgan fingerprint density at radius 3 is 2.22 bits per heavy atom. The van der Waals surface area contributed by atoms with Crippen LogP contribution in [0.5, 0.6) is 0 Å². The first-order valence-electron chi connectivity index (χ1n) is 17.5. The van der Waals surface area contributed by atoms with Gasteiger partial charge in [0, 0.05) is 30.1 Å². The number of para-hydroxylation sites is 1. The van der Waals surface area contributed by atoms with Crippen LogP contribution in [0.15, 0.2) is 30.5 Å². The highest BCUT2D eigenvalue weighted by Gasteiger charge is 2.41. The molecule has 5 N–H and O–H groups in total. The van der Waals surface area contributed by atoms with Crippen molar-refractivity contribution in [1.82, 2.24) is 31.2 Å². The lowest BCUT2D eigenvalue weighted by Gasteiger charge is -2.30. The third kappa shape index (κ3) is 10.1.